The predicted molar refractivity (Wildman–Crippen MR) is 112 cm³/mol. The van der Waals surface area contributed by atoms with E-state index in [2.05, 4.69) is 42.7 Å². The maximum Gasteiger partial charge on any atom is 0.227 e. The highest BCUT2D eigenvalue weighted by Crippen LogP contribution is 2.34. The fourth-order valence-electron chi connectivity index (χ4n) is 4.16. The third kappa shape index (κ3) is 3.42. The van der Waals surface area contributed by atoms with Gasteiger partial charge >= 0.3 is 0 Å². The van der Waals surface area contributed by atoms with Gasteiger partial charge < -0.3 is 14.2 Å². The second-order valence-electron chi connectivity index (χ2n) is 7.50. The Kier molecular flexibility index (Phi) is 5.18. The lowest BCUT2D eigenvalue weighted by Gasteiger charge is -2.20. The van der Waals surface area contributed by atoms with Crippen LogP contribution in [0.1, 0.15) is 36.2 Å². The molecule has 2 heterocycles. The Morgan fingerprint density at radius 3 is 2.79 bits per heavy atom. The van der Waals surface area contributed by atoms with E-state index < -0.39 is 0 Å². The Morgan fingerprint density at radius 2 is 2.00 bits per heavy atom. The highest BCUT2D eigenvalue weighted by atomic mass is 16.5. The van der Waals surface area contributed by atoms with Gasteiger partial charge in [-0.1, -0.05) is 29.8 Å². The van der Waals surface area contributed by atoms with Crippen LogP contribution in [-0.2, 0) is 16.1 Å². The number of nitrogens with zero attached hydrogens (tertiary/aromatic N) is 3. The second-order valence-corrected chi connectivity index (χ2v) is 7.50. The van der Waals surface area contributed by atoms with Crippen LogP contribution in [0.3, 0.4) is 0 Å². The van der Waals surface area contributed by atoms with Crippen LogP contribution in [0.15, 0.2) is 42.5 Å². The molecule has 1 saturated heterocycles. The molecule has 1 unspecified atom stereocenters. The number of fused-ring (bicyclic) bond motifs is 1. The SMILES string of the molecule is CCOCCn1c(C2CC(=O)N(c3ccc(C)cc3C)C2)nc2ccccc21. The van der Waals surface area contributed by atoms with Crippen LogP contribution in [0.4, 0.5) is 5.69 Å². The number of carbonyl (C=O) groups excluding carboxylic acids is 1. The lowest BCUT2D eigenvalue weighted by atomic mass is 10.1. The number of hydrogen-bond donors (Lipinski definition) is 0. The largest absolute Gasteiger partial charge is 0.380 e. The minimum Gasteiger partial charge on any atom is -0.380 e. The minimum absolute atomic E-state index is 0.0854. The van der Waals surface area contributed by atoms with E-state index in [4.69, 9.17) is 9.72 Å². The van der Waals surface area contributed by atoms with Crippen molar-refractivity contribution in [1.82, 2.24) is 9.55 Å². The zero-order valence-electron chi connectivity index (χ0n) is 16.8. The summed E-state index contributed by atoms with van der Waals surface area (Å²) in [5.41, 5.74) is 5.44. The molecule has 4 rings (SSSR count). The van der Waals surface area contributed by atoms with Crippen molar-refractivity contribution in [2.24, 2.45) is 0 Å². The molecule has 5 heteroatoms. The lowest BCUT2D eigenvalue weighted by Crippen LogP contribution is -2.25. The third-order valence-corrected chi connectivity index (χ3v) is 5.48. The molecule has 2 aromatic carbocycles. The Balaban J connectivity index is 1.66. The van der Waals surface area contributed by atoms with E-state index in [9.17, 15) is 4.79 Å². The highest BCUT2D eigenvalue weighted by molar-refractivity contribution is 5.97. The van der Waals surface area contributed by atoms with E-state index >= 15 is 0 Å². The number of imidazole rings is 1. The number of para-hydroxylation sites is 2. The van der Waals surface area contributed by atoms with E-state index in [-0.39, 0.29) is 11.8 Å². The highest BCUT2D eigenvalue weighted by Gasteiger charge is 2.35. The molecule has 0 N–H and O–H groups in total. The summed E-state index contributed by atoms with van der Waals surface area (Å²) in [5, 5.41) is 0. The molecule has 1 aliphatic heterocycles. The monoisotopic (exact) mass is 377 g/mol. The summed E-state index contributed by atoms with van der Waals surface area (Å²) in [4.78, 5) is 19.7. The van der Waals surface area contributed by atoms with Crippen molar-refractivity contribution in [1.29, 1.82) is 0 Å². The molecule has 3 aromatic rings. The average molecular weight is 377 g/mol. The van der Waals surface area contributed by atoms with Gasteiger partial charge in [-0.15, -0.1) is 0 Å². The summed E-state index contributed by atoms with van der Waals surface area (Å²) in [5.74, 6) is 1.24. The molecule has 1 atom stereocenters. The van der Waals surface area contributed by atoms with Gasteiger partial charge in [-0.25, -0.2) is 4.98 Å². The van der Waals surface area contributed by atoms with Gasteiger partial charge in [0.15, 0.2) is 0 Å². The number of hydrogen-bond acceptors (Lipinski definition) is 3. The van der Waals surface area contributed by atoms with Crippen LogP contribution in [0.5, 0.6) is 0 Å². The van der Waals surface area contributed by atoms with Crippen molar-refractivity contribution < 1.29 is 9.53 Å². The average Bonchev–Trinajstić information content (AvgIpc) is 3.23. The van der Waals surface area contributed by atoms with Gasteiger partial charge in [0.05, 0.1) is 17.6 Å². The molecule has 0 saturated carbocycles. The molecular formula is C23H27N3O2. The molecule has 146 valence electrons. The third-order valence-electron chi connectivity index (χ3n) is 5.48. The second kappa shape index (κ2) is 7.76. The van der Waals surface area contributed by atoms with Gasteiger partial charge in [-0.05, 0) is 44.5 Å². The molecule has 1 fully saturated rings. The van der Waals surface area contributed by atoms with Crippen molar-refractivity contribution >= 4 is 22.6 Å². The van der Waals surface area contributed by atoms with Crippen molar-refractivity contribution in [3.63, 3.8) is 0 Å². The van der Waals surface area contributed by atoms with E-state index in [1.807, 2.05) is 30.0 Å². The Hall–Kier alpha value is -2.66. The van der Waals surface area contributed by atoms with Gasteiger partial charge in [-0.2, -0.15) is 0 Å². The van der Waals surface area contributed by atoms with Crippen LogP contribution in [0, 0.1) is 13.8 Å². The summed E-state index contributed by atoms with van der Waals surface area (Å²) in [6.45, 7) is 8.91. The Morgan fingerprint density at radius 1 is 1.18 bits per heavy atom. The summed E-state index contributed by atoms with van der Waals surface area (Å²) in [6, 6.07) is 14.4. The number of rotatable bonds is 6. The van der Waals surface area contributed by atoms with Crippen molar-refractivity contribution in [2.45, 2.75) is 39.7 Å². The molecule has 1 amide bonds. The maximum atomic E-state index is 12.8. The van der Waals surface area contributed by atoms with Crippen LogP contribution >= 0.6 is 0 Å². The molecule has 0 spiro atoms. The summed E-state index contributed by atoms with van der Waals surface area (Å²) in [6.07, 6.45) is 0.491. The smallest absolute Gasteiger partial charge is 0.227 e. The molecule has 28 heavy (non-hydrogen) atoms. The first-order chi connectivity index (χ1) is 13.6. The summed E-state index contributed by atoms with van der Waals surface area (Å²) >= 11 is 0. The van der Waals surface area contributed by atoms with E-state index in [1.54, 1.807) is 0 Å². The quantitative estimate of drug-likeness (QED) is 0.605. The minimum atomic E-state index is 0.0854. The van der Waals surface area contributed by atoms with Crippen LogP contribution in [0.25, 0.3) is 11.0 Å². The van der Waals surface area contributed by atoms with Crippen molar-refractivity contribution in [3.8, 4) is 0 Å². The number of aryl methyl sites for hydroxylation is 2. The van der Waals surface area contributed by atoms with Crippen molar-refractivity contribution in [2.75, 3.05) is 24.7 Å². The summed E-state index contributed by atoms with van der Waals surface area (Å²) < 4.78 is 7.82. The number of benzene rings is 2. The molecule has 0 radical (unpaired) electrons. The van der Waals surface area contributed by atoms with Crippen LogP contribution < -0.4 is 4.90 Å². The van der Waals surface area contributed by atoms with Gasteiger partial charge in [0.2, 0.25) is 5.91 Å². The normalized spacial score (nSPS) is 17.0. The maximum absolute atomic E-state index is 12.8. The molecule has 0 bridgehead atoms. The first kappa shape index (κ1) is 18.7. The zero-order chi connectivity index (χ0) is 19.7. The summed E-state index contributed by atoms with van der Waals surface area (Å²) in [7, 11) is 0. The van der Waals surface area contributed by atoms with Crippen molar-refractivity contribution in [3.05, 3.63) is 59.4 Å². The topological polar surface area (TPSA) is 47.4 Å². The standard InChI is InChI=1S/C23H27N3O2/c1-4-28-12-11-25-21-8-6-5-7-19(21)24-23(25)18-14-22(27)26(15-18)20-10-9-16(2)13-17(20)3/h5-10,13,18H,4,11-12,14-15H2,1-3H3. The van der Waals surface area contributed by atoms with Gasteiger partial charge in [0.1, 0.15) is 5.82 Å². The zero-order valence-corrected chi connectivity index (χ0v) is 16.8. The fraction of sp³-hybridized carbons (Fsp3) is 0.391. The van der Waals surface area contributed by atoms with Crippen LogP contribution in [-0.4, -0.2) is 35.2 Å². The number of aromatic nitrogens is 2. The number of amides is 1. The predicted octanol–water partition coefficient (Wildman–Crippen LogP) is 4.21. The van der Waals surface area contributed by atoms with Gasteiger partial charge in [-0.3, -0.25) is 4.79 Å². The van der Waals surface area contributed by atoms with E-state index in [1.165, 1.54) is 5.56 Å². The lowest BCUT2D eigenvalue weighted by molar-refractivity contribution is -0.117. The number of ether oxygens (including phenoxy) is 1. The Bertz CT molecular complexity index is 1010. The van der Waals surface area contributed by atoms with E-state index in [0.717, 1.165) is 34.7 Å². The Labute approximate surface area is 165 Å². The van der Waals surface area contributed by atoms with E-state index in [0.29, 0.717) is 26.2 Å². The molecule has 5 nitrogen and oxygen atoms in total. The van der Waals surface area contributed by atoms with Gasteiger partial charge in [0.25, 0.3) is 0 Å². The molecule has 1 aromatic heterocycles. The first-order valence-electron chi connectivity index (χ1n) is 9.99. The molecular weight excluding hydrogens is 350 g/mol. The molecule has 0 aliphatic carbocycles. The fourth-order valence-corrected chi connectivity index (χ4v) is 4.16. The van der Waals surface area contributed by atoms with Gasteiger partial charge in [0, 0.05) is 37.7 Å². The number of anilines is 1. The first-order valence-corrected chi connectivity index (χ1v) is 9.99. The molecule has 1 aliphatic rings. The van der Waals surface area contributed by atoms with Crippen LogP contribution in [0.2, 0.25) is 0 Å². The number of carbonyl (C=O) groups is 1.